The van der Waals surface area contributed by atoms with Gasteiger partial charge in [-0.1, -0.05) is 13.8 Å². The molecule has 0 saturated heterocycles. The minimum atomic E-state index is -0.313. The molecule has 4 heteroatoms. The van der Waals surface area contributed by atoms with Crippen LogP contribution in [0, 0.1) is 11.8 Å². The minimum absolute atomic E-state index is 0.0234. The van der Waals surface area contributed by atoms with Crippen molar-refractivity contribution in [2.75, 3.05) is 6.61 Å². The van der Waals surface area contributed by atoms with E-state index in [1.54, 1.807) is 6.20 Å². The summed E-state index contributed by atoms with van der Waals surface area (Å²) in [4.78, 5) is 4.18. The summed E-state index contributed by atoms with van der Waals surface area (Å²) < 4.78 is 2.17. The van der Waals surface area contributed by atoms with Crippen LogP contribution in [-0.2, 0) is 0 Å². The quantitative estimate of drug-likeness (QED) is 0.843. The molecule has 0 spiro atoms. The summed E-state index contributed by atoms with van der Waals surface area (Å²) in [5, 5.41) is 9.16. The highest BCUT2D eigenvalue weighted by Crippen LogP contribution is 2.37. The largest absolute Gasteiger partial charge is 0.394 e. The zero-order chi connectivity index (χ0) is 12.4. The van der Waals surface area contributed by atoms with E-state index in [-0.39, 0.29) is 12.6 Å². The first-order chi connectivity index (χ1) is 8.13. The molecule has 4 atom stereocenters. The summed E-state index contributed by atoms with van der Waals surface area (Å²) in [6.07, 6.45) is 7.27. The van der Waals surface area contributed by atoms with Crippen LogP contribution in [0.2, 0.25) is 0 Å². The van der Waals surface area contributed by atoms with E-state index in [2.05, 4.69) is 23.4 Å². The van der Waals surface area contributed by atoms with E-state index in [0.717, 1.165) is 17.5 Å². The lowest BCUT2D eigenvalue weighted by Gasteiger charge is -2.34. The average molecular weight is 237 g/mol. The predicted molar refractivity (Wildman–Crippen MR) is 67.5 cm³/mol. The Morgan fingerprint density at radius 2 is 2.24 bits per heavy atom. The lowest BCUT2D eigenvalue weighted by atomic mass is 9.79. The number of rotatable bonds is 3. The van der Waals surface area contributed by atoms with Gasteiger partial charge in [-0.25, -0.2) is 4.98 Å². The van der Waals surface area contributed by atoms with Crippen LogP contribution in [0.1, 0.15) is 50.9 Å². The fraction of sp³-hybridized carbons (Fsp3) is 0.769. The second-order valence-corrected chi connectivity index (χ2v) is 5.44. The van der Waals surface area contributed by atoms with Crippen LogP contribution >= 0.6 is 0 Å². The van der Waals surface area contributed by atoms with Gasteiger partial charge in [-0.15, -0.1) is 0 Å². The van der Waals surface area contributed by atoms with Crippen molar-refractivity contribution in [2.45, 2.75) is 45.2 Å². The van der Waals surface area contributed by atoms with E-state index >= 15 is 0 Å². The van der Waals surface area contributed by atoms with E-state index in [0.29, 0.717) is 6.04 Å². The smallest absolute Gasteiger partial charge is 0.0951 e. The van der Waals surface area contributed by atoms with Gasteiger partial charge in [0.25, 0.3) is 0 Å². The highest BCUT2D eigenvalue weighted by molar-refractivity contribution is 5.06. The maximum absolute atomic E-state index is 9.16. The van der Waals surface area contributed by atoms with Gasteiger partial charge < -0.3 is 15.4 Å². The molecule has 4 nitrogen and oxygen atoms in total. The van der Waals surface area contributed by atoms with Gasteiger partial charge in [-0.3, -0.25) is 0 Å². The molecule has 1 aliphatic carbocycles. The molecule has 0 bridgehead atoms. The van der Waals surface area contributed by atoms with E-state index in [4.69, 9.17) is 10.8 Å². The van der Waals surface area contributed by atoms with Crippen LogP contribution in [0.5, 0.6) is 0 Å². The molecule has 0 aliphatic heterocycles. The molecule has 0 radical (unpaired) electrons. The van der Waals surface area contributed by atoms with Crippen LogP contribution in [0.4, 0.5) is 0 Å². The van der Waals surface area contributed by atoms with Crippen molar-refractivity contribution in [3.8, 4) is 0 Å². The lowest BCUT2D eigenvalue weighted by molar-refractivity contribution is 0.202. The van der Waals surface area contributed by atoms with Crippen molar-refractivity contribution in [1.82, 2.24) is 9.55 Å². The van der Waals surface area contributed by atoms with Gasteiger partial charge in [0.1, 0.15) is 0 Å². The van der Waals surface area contributed by atoms with Gasteiger partial charge in [-0.05, 0) is 31.1 Å². The molecule has 2 rings (SSSR count). The number of aliphatic hydroxyl groups is 1. The highest BCUT2D eigenvalue weighted by atomic mass is 16.3. The highest BCUT2D eigenvalue weighted by Gasteiger charge is 2.27. The van der Waals surface area contributed by atoms with Gasteiger partial charge in [0.2, 0.25) is 0 Å². The number of aromatic nitrogens is 2. The average Bonchev–Trinajstić information content (AvgIpc) is 2.80. The van der Waals surface area contributed by atoms with E-state index < -0.39 is 0 Å². The molecule has 1 fully saturated rings. The Morgan fingerprint density at radius 3 is 2.88 bits per heavy atom. The number of hydrogen-bond donors (Lipinski definition) is 2. The topological polar surface area (TPSA) is 64.1 Å². The molecule has 1 aromatic heterocycles. The molecular weight excluding hydrogens is 214 g/mol. The monoisotopic (exact) mass is 237 g/mol. The summed E-state index contributed by atoms with van der Waals surface area (Å²) >= 11 is 0. The van der Waals surface area contributed by atoms with Crippen molar-refractivity contribution in [3.05, 3.63) is 18.2 Å². The Morgan fingerprint density at radius 1 is 1.47 bits per heavy atom. The van der Waals surface area contributed by atoms with Gasteiger partial charge in [0.15, 0.2) is 0 Å². The van der Waals surface area contributed by atoms with Crippen molar-refractivity contribution in [2.24, 2.45) is 17.6 Å². The first-order valence-electron chi connectivity index (χ1n) is 6.51. The van der Waals surface area contributed by atoms with E-state index in [1.807, 2.05) is 6.33 Å². The Balaban J connectivity index is 2.15. The minimum Gasteiger partial charge on any atom is -0.394 e. The third-order valence-corrected chi connectivity index (χ3v) is 4.24. The molecule has 96 valence electrons. The fourth-order valence-electron chi connectivity index (χ4n) is 2.77. The van der Waals surface area contributed by atoms with Crippen LogP contribution in [-0.4, -0.2) is 21.3 Å². The molecule has 4 unspecified atom stereocenters. The molecule has 1 aromatic rings. The SMILES string of the molecule is CC1CCC(n2cncc2C(N)CO)CC1C. The zero-order valence-electron chi connectivity index (χ0n) is 10.7. The predicted octanol–water partition coefficient (Wildman–Crippen LogP) is 1.87. The van der Waals surface area contributed by atoms with E-state index in [9.17, 15) is 0 Å². The third kappa shape index (κ3) is 2.53. The zero-order valence-corrected chi connectivity index (χ0v) is 10.7. The summed E-state index contributed by atoms with van der Waals surface area (Å²) in [7, 11) is 0. The lowest BCUT2D eigenvalue weighted by Crippen LogP contribution is -2.26. The molecule has 17 heavy (non-hydrogen) atoms. The van der Waals surface area contributed by atoms with Crippen molar-refractivity contribution >= 4 is 0 Å². The molecular formula is C13H23N3O. The summed E-state index contributed by atoms with van der Waals surface area (Å²) in [5.74, 6) is 1.55. The Labute approximate surface area is 103 Å². The first kappa shape index (κ1) is 12.6. The Bertz CT molecular complexity index is 363. The first-order valence-corrected chi connectivity index (χ1v) is 6.51. The normalized spacial score (nSPS) is 31.4. The number of imidazole rings is 1. The van der Waals surface area contributed by atoms with Crippen molar-refractivity contribution in [3.63, 3.8) is 0 Å². The fourth-order valence-corrected chi connectivity index (χ4v) is 2.77. The summed E-state index contributed by atoms with van der Waals surface area (Å²) in [5.41, 5.74) is 6.85. The van der Waals surface area contributed by atoms with Crippen molar-refractivity contribution < 1.29 is 5.11 Å². The maximum Gasteiger partial charge on any atom is 0.0951 e. The summed E-state index contributed by atoms with van der Waals surface area (Å²) in [6.45, 7) is 4.62. The molecule has 1 saturated carbocycles. The Hall–Kier alpha value is -0.870. The number of hydrogen-bond acceptors (Lipinski definition) is 3. The molecule has 1 aliphatic rings. The second kappa shape index (κ2) is 5.19. The van der Waals surface area contributed by atoms with Gasteiger partial charge in [-0.2, -0.15) is 0 Å². The Kier molecular flexibility index (Phi) is 3.84. The van der Waals surface area contributed by atoms with E-state index in [1.165, 1.54) is 19.3 Å². The van der Waals surface area contributed by atoms with Crippen molar-refractivity contribution in [1.29, 1.82) is 0 Å². The second-order valence-electron chi connectivity index (χ2n) is 5.44. The number of aliphatic hydroxyl groups excluding tert-OH is 1. The molecule has 1 heterocycles. The van der Waals surface area contributed by atoms with Gasteiger partial charge in [0, 0.05) is 12.2 Å². The molecule has 0 amide bonds. The maximum atomic E-state index is 9.16. The van der Waals surface area contributed by atoms with Gasteiger partial charge in [0.05, 0.1) is 24.7 Å². The van der Waals surface area contributed by atoms with Gasteiger partial charge >= 0.3 is 0 Å². The molecule has 3 N–H and O–H groups in total. The standard InChI is InChI=1S/C13H23N3O/c1-9-3-4-11(5-10(9)2)16-8-15-6-13(16)12(14)7-17/h6,8-12,17H,3-5,7,14H2,1-2H3. The van der Waals surface area contributed by atoms with Crippen LogP contribution < -0.4 is 5.73 Å². The van der Waals surface area contributed by atoms with Crippen LogP contribution in [0.25, 0.3) is 0 Å². The molecule has 0 aromatic carbocycles. The number of nitrogens with zero attached hydrogens (tertiary/aromatic N) is 2. The van der Waals surface area contributed by atoms with Crippen LogP contribution in [0.3, 0.4) is 0 Å². The van der Waals surface area contributed by atoms with Crippen LogP contribution in [0.15, 0.2) is 12.5 Å². The number of nitrogens with two attached hydrogens (primary N) is 1. The third-order valence-electron chi connectivity index (χ3n) is 4.24. The summed E-state index contributed by atoms with van der Waals surface area (Å²) in [6, 6.07) is 0.184.